The molecule has 0 heterocycles. The minimum atomic E-state index is 1.25. The van der Waals surface area contributed by atoms with E-state index in [4.69, 9.17) is 0 Å². The molecule has 1 rings (SSSR count). The lowest BCUT2D eigenvalue weighted by Gasteiger charge is -1.98. The van der Waals surface area contributed by atoms with E-state index in [1.54, 1.807) is 0 Å². The third-order valence-corrected chi connectivity index (χ3v) is 2.64. The maximum atomic E-state index is 2.43. The summed E-state index contributed by atoms with van der Waals surface area (Å²) in [5.74, 6) is 0. The average Bonchev–Trinajstić information content (AvgIpc) is 2.22. The Labute approximate surface area is 89.1 Å². The monoisotopic (exact) mass is 191 g/mol. The molecule has 0 spiro atoms. The van der Waals surface area contributed by atoms with Crippen LogP contribution in [0.15, 0.2) is 24.3 Å². The molecule has 0 aromatic rings. The summed E-state index contributed by atoms with van der Waals surface area (Å²) in [7, 11) is 0. The molecule has 0 saturated carbocycles. The second-order valence-electron chi connectivity index (χ2n) is 4.02. The lowest BCUT2D eigenvalue weighted by Crippen LogP contribution is -1.80. The molecule has 0 nitrogen and oxygen atoms in total. The maximum absolute atomic E-state index is 2.43. The normalized spacial score (nSPS) is 26.3. The van der Waals surface area contributed by atoms with Gasteiger partial charge in [0.2, 0.25) is 0 Å². The first kappa shape index (κ1) is 11.6. The molecule has 79 valence electrons. The van der Waals surface area contributed by atoms with Crippen LogP contribution in [0.1, 0.15) is 57.8 Å². The van der Waals surface area contributed by atoms with Gasteiger partial charge in [0.15, 0.2) is 0 Å². The van der Waals surface area contributed by atoms with Crippen LogP contribution in [0.25, 0.3) is 0 Å². The van der Waals surface area contributed by atoms with Crippen molar-refractivity contribution in [1.29, 1.82) is 0 Å². The molecule has 0 aromatic heterocycles. The first-order valence-corrected chi connectivity index (χ1v) is 6.12. The molecular formula is C14H23. The molecule has 0 saturated heterocycles. The van der Waals surface area contributed by atoms with Gasteiger partial charge < -0.3 is 0 Å². The molecule has 1 aliphatic carbocycles. The van der Waals surface area contributed by atoms with Crippen molar-refractivity contribution >= 4 is 0 Å². The van der Waals surface area contributed by atoms with E-state index in [0.717, 1.165) is 0 Å². The van der Waals surface area contributed by atoms with Gasteiger partial charge in [-0.2, -0.15) is 0 Å². The van der Waals surface area contributed by atoms with E-state index in [1.807, 2.05) is 0 Å². The standard InChI is InChI=1S/C14H23/c1-2-4-6-8-10-12-14-13-11-9-7-5-3-1/h1-2,7,12,14H,3-6,8-11,13H2/b2-1+,14-12-. The number of allylic oxidation sites excluding steroid dienone is 4. The summed E-state index contributed by atoms with van der Waals surface area (Å²) < 4.78 is 0. The highest BCUT2D eigenvalue weighted by Crippen LogP contribution is 2.08. The van der Waals surface area contributed by atoms with Gasteiger partial charge in [-0.25, -0.2) is 0 Å². The van der Waals surface area contributed by atoms with Crippen molar-refractivity contribution in [2.45, 2.75) is 57.8 Å². The third kappa shape index (κ3) is 6.94. The second-order valence-corrected chi connectivity index (χ2v) is 4.02. The Morgan fingerprint density at radius 3 is 1.71 bits per heavy atom. The fourth-order valence-electron chi connectivity index (χ4n) is 1.73. The van der Waals surface area contributed by atoms with E-state index < -0.39 is 0 Å². The molecule has 0 unspecified atom stereocenters. The SMILES string of the molecule is [CH]1CC/C=C/CCCC/C=C\CCC1. The quantitative estimate of drug-likeness (QED) is 0.481. The topological polar surface area (TPSA) is 0 Å². The maximum Gasteiger partial charge on any atom is -0.0348 e. The van der Waals surface area contributed by atoms with E-state index in [9.17, 15) is 0 Å². The highest BCUT2D eigenvalue weighted by molar-refractivity contribution is 4.86. The van der Waals surface area contributed by atoms with Gasteiger partial charge in [0.1, 0.15) is 0 Å². The predicted octanol–water partition coefficient (Wildman–Crippen LogP) is 4.83. The number of hydrogen-bond donors (Lipinski definition) is 0. The Kier molecular flexibility index (Phi) is 7.47. The highest BCUT2D eigenvalue weighted by atomic mass is 14.0. The first-order chi connectivity index (χ1) is 7.00. The van der Waals surface area contributed by atoms with Crippen molar-refractivity contribution in [1.82, 2.24) is 0 Å². The van der Waals surface area contributed by atoms with Gasteiger partial charge >= 0.3 is 0 Å². The largest absolute Gasteiger partial charge is 0.0885 e. The molecule has 0 fully saturated rings. The summed E-state index contributed by atoms with van der Waals surface area (Å²) in [6.45, 7) is 0. The van der Waals surface area contributed by atoms with Crippen LogP contribution in [-0.2, 0) is 0 Å². The van der Waals surface area contributed by atoms with Crippen molar-refractivity contribution in [3.05, 3.63) is 30.7 Å². The van der Waals surface area contributed by atoms with Gasteiger partial charge in [0, 0.05) is 0 Å². The van der Waals surface area contributed by atoms with Gasteiger partial charge in [0.05, 0.1) is 0 Å². The Morgan fingerprint density at radius 1 is 0.429 bits per heavy atom. The number of rotatable bonds is 0. The zero-order valence-electron chi connectivity index (χ0n) is 9.25. The summed E-state index contributed by atoms with van der Waals surface area (Å²) in [6.07, 6.45) is 23.5. The van der Waals surface area contributed by atoms with Crippen LogP contribution in [0.2, 0.25) is 0 Å². The minimum Gasteiger partial charge on any atom is -0.0885 e. The van der Waals surface area contributed by atoms with Crippen molar-refractivity contribution in [2.24, 2.45) is 0 Å². The van der Waals surface area contributed by atoms with Crippen LogP contribution in [0.5, 0.6) is 0 Å². The molecule has 1 radical (unpaired) electrons. The summed E-state index contributed by atoms with van der Waals surface area (Å²) in [4.78, 5) is 0. The lowest BCUT2D eigenvalue weighted by atomic mass is 10.1. The summed E-state index contributed by atoms with van der Waals surface area (Å²) in [6, 6.07) is 0. The van der Waals surface area contributed by atoms with Crippen LogP contribution >= 0.6 is 0 Å². The number of hydrogen-bond acceptors (Lipinski definition) is 0. The molecule has 0 bridgehead atoms. The summed E-state index contributed by atoms with van der Waals surface area (Å²) in [5.41, 5.74) is 0. The van der Waals surface area contributed by atoms with Crippen LogP contribution in [0.3, 0.4) is 0 Å². The zero-order valence-corrected chi connectivity index (χ0v) is 9.25. The third-order valence-electron chi connectivity index (χ3n) is 2.64. The van der Waals surface area contributed by atoms with Gasteiger partial charge in [-0.15, -0.1) is 0 Å². The average molecular weight is 191 g/mol. The van der Waals surface area contributed by atoms with Gasteiger partial charge in [-0.1, -0.05) is 24.3 Å². The van der Waals surface area contributed by atoms with Crippen LogP contribution < -0.4 is 0 Å². The van der Waals surface area contributed by atoms with Crippen molar-refractivity contribution in [3.8, 4) is 0 Å². The Balaban J connectivity index is 2.16. The van der Waals surface area contributed by atoms with Crippen molar-refractivity contribution < 1.29 is 0 Å². The summed E-state index contributed by atoms with van der Waals surface area (Å²) >= 11 is 0. The minimum absolute atomic E-state index is 1.25. The van der Waals surface area contributed by atoms with Gasteiger partial charge in [0.25, 0.3) is 0 Å². The fourth-order valence-corrected chi connectivity index (χ4v) is 1.73. The van der Waals surface area contributed by atoms with Crippen LogP contribution in [0, 0.1) is 6.42 Å². The molecule has 14 heavy (non-hydrogen) atoms. The molecule has 1 aliphatic rings. The Hall–Kier alpha value is -0.520. The lowest BCUT2D eigenvalue weighted by molar-refractivity contribution is 0.743. The van der Waals surface area contributed by atoms with E-state index in [2.05, 4.69) is 30.7 Å². The second kappa shape index (κ2) is 9.05. The van der Waals surface area contributed by atoms with E-state index in [1.165, 1.54) is 57.8 Å². The summed E-state index contributed by atoms with van der Waals surface area (Å²) in [5, 5.41) is 0. The van der Waals surface area contributed by atoms with Crippen LogP contribution in [-0.4, -0.2) is 0 Å². The van der Waals surface area contributed by atoms with E-state index >= 15 is 0 Å². The highest BCUT2D eigenvalue weighted by Gasteiger charge is 1.89. The zero-order chi connectivity index (χ0) is 9.90. The smallest absolute Gasteiger partial charge is 0.0348 e. The molecular weight excluding hydrogens is 168 g/mol. The van der Waals surface area contributed by atoms with Crippen molar-refractivity contribution in [2.75, 3.05) is 0 Å². The predicted molar refractivity (Wildman–Crippen MR) is 64.1 cm³/mol. The van der Waals surface area contributed by atoms with Crippen molar-refractivity contribution in [3.63, 3.8) is 0 Å². The molecule has 0 aliphatic heterocycles. The van der Waals surface area contributed by atoms with Gasteiger partial charge in [-0.3, -0.25) is 0 Å². The molecule has 0 amide bonds. The first-order valence-electron chi connectivity index (χ1n) is 6.12. The van der Waals surface area contributed by atoms with E-state index in [0.29, 0.717) is 0 Å². The Morgan fingerprint density at radius 2 is 1.00 bits per heavy atom. The van der Waals surface area contributed by atoms with E-state index in [-0.39, 0.29) is 0 Å². The van der Waals surface area contributed by atoms with Gasteiger partial charge in [-0.05, 0) is 64.2 Å². The molecule has 0 atom stereocenters. The van der Waals surface area contributed by atoms with Crippen LogP contribution in [0.4, 0.5) is 0 Å². The molecule has 0 aromatic carbocycles. The fraction of sp³-hybridized carbons (Fsp3) is 0.643. The molecule has 0 heteroatoms. The Bertz CT molecular complexity index is 145. The molecule has 0 N–H and O–H groups in total.